The van der Waals surface area contributed by atoms with E-state index in [1.807, 2.05) is 76.3 Å². The molecule has 0 spiro atoms. The van der Waals surface area contributed by atoms with Crippen molar-refractivity contribution < 1.29 is 9.53 Å². The van der Waals surface area contributed by atoms with Gasteiger partial charge in [0.05, 0.1) is 5.69 Å². The molecule has 5 heteroatoms. The van der Waals surface area contributed by atoms with Crippen LogP contribution in [0.1, 0.15) is 22.4 Å². The third kappa shape index (κ3) is 4.36. The average molecular weight is 409 g/mol. The van der Waals surface area contributed by atoms with Crippen LogP contribution in [0.4, 0.5) is 0 Å². The van der Waals surface area contributed by atoms with Gasteiger partial charge >= 0.3 is 0 Å². The number of nitrogens with zero attached hydrogens (tertiary/aromatic N) is 3. The molecule has 0 saturated carbocycles. The van der Waals surface area contributed by atoms with Crippen LogP contribution in [-0.4, -0.2) is 26.7 Å². The summed E-state index contributed by atoms with van der Waals surface area (Å²) in [6, 6.07) is 22.0. The lowest BCUT2D eigenvalue weighted by Gasteiger charge is -2.27. The lowest BCUT2D eigenvalue weighted by Crippen LogP contribution is -2.34. The predicted molar refractivity (Wildman–Crippen MR) is 121 cm³/mol. The zero-order valence-corrected chi connectivity index (χ0v) is 17.1. The van der Waals surface area contributed by atoms with E-state index in [0.717, 1.165) is 35.6 Å². The Hall–Kier alpha value is -3.86. The summed E-state index contributed by atoms with van der Waals surface area (Å²) in [6.07, 6.45) is 8.36. The van der Waals surface area contributed by atoms with Gasteiger partial charge in [0.1, 0.15) is 18.0 Å². The molecule has 0 fully saturated rings. The molecule has 0 saturated heterocycles. The number of benzene rings is 2. The molecule has 0 radical (unpaired) electrons. The van der Waals surface area contributed by atoms with Gasteiger partial charge in [0, 0.05) is 31.6 Å². The fourth-order valence-electron chi connectivity index (χ4n) is 3.85. The van der Waals surface area contributed by atoms with Crippen LogP contribution in [0.2, 0.25) is 0 Å². The Morgan fingerprint density at radius 3 is 2.65 bits per heavy atom. The molecular formula is C26H23N3O2. The fourth-order valence-corrected chi connectivity index (χ4v) is 3.85. The van der Waals surface area contributed by atoms with Crippen molar-refractivity contribution in [3.8, 4) is 5.75 Å². The Morgan fingerprint density at radius 1 is 1.00 bits per heavy atom. The number of carbonyl (C=O) groups excluding carboxylic acids is 1. The molecule has 0 unspecified atom stereocenters. The van der Waals surface area contributed by atoms with E-state index in [2.05, 4.69) is 23.2 Å². The van der Waals surface area contributed by atoms with Crippen molar-refractivity contribution in [2.24, 2.45) is 0 Å². The molecule has 0 N–H and O–H groups in total. The molecule has 154 valence electrons. The van der Waals surface area contributed by atoms with Crippen molar-refractivity contribution >= 4 is 17.6 Å². The van der Waals surface area contributed by atoms with Crippen molar-refractivity contribution in [1.29, 1.82) is 0 Å². The number of fused-ring (bicyclic) bond motifs is 2. The zero-order valence-electron chi connectivity index (χ0n) is 17.1. The molecule has 2 aromatic carbocycles. The summed E-state index contributed by atoms with van der Waals surface area (Å²) in [6.45, 7) is 1.84. The molecule has 1 aliphatic heterocycles. The van der Waals surface area contributed by atoms with Crippen LogP contribution in [0.25, 0.3) is 11.7 Å². The smallest absolute Gasteiger partial charge is 0.246 e. The van der Waals surface area contributed by atoms with Crippen molar-refractivity contribution in [3.63, 3.8) is 0 Å². The summed E-state index contributed by atoms with van der Waals surface area (Å²) in [7, 11) is 0. The van der Waals surface area contributed by atoms with Gasteiger partial charge in [-0.15, -0.1) is 0 Å². The highest BCUT2D eigenvalue weighted by atomic mass is 16.5. The number of aromatic nitrogens is 2. The van der Waals surface area contributed by atoms with Gasteiger partial charge in [0.25, 0.3) is 0 Å². The van der Waals surface area contributed by atoms with Crippen LogP contribution < -0.4 is 4.74 Å². The number of rotatable bonds is 5. The van der Waals surface area contributed by atoms with E-state index in [-0.39, 0.29) is 5.91 Å². The lowest BCUT2D eigenvalue weighted by molar-refractivity contribution is -0.126. The number of imidazole rings is 1. The molecular weight excluding hydrogens is 386 g/mol. The van der Waals surface area contributed by atoms with Crippen LogP contribution in [0.3, 0.4) is 0 Å². The minimum absolute atomic E-state index is 0.0432. The van der Waals surface area contributed by atoms with Crippen LogP contribution in [0, 0.1) is 0 Å². The molecule has 31 heavy (non-hydrogen) atoms. The van der Waals surface area contributed by atoms with E-state index in [1.165, 1.54) is 11.1 Å². The normalized spacial score (nSPS) is 13.5. The van der Waals surface area contributed by atoms with Gasteiger partial charge in [0.15, 0.2) is 0 Å². The third-order valence-corrected chi connectivity index (χ3v) is 5.54. The SMILES string of the molecule is O=C(C=Cc1ccc(OCc2cn3ccccc3n2)cc1)N1CCc2ccccc2C1. The number of pyridine rings is 1. The van der Waals surface area contributed by atoms with Gasteiger partial charge in [0.2, 0.25) is 5.91 Å². The number of ether oxygens (including phenoxy) is 1. The molecule has 3 heterocycles. The fraction of sp³-hybridized carbons (Fsp3) is 0.154. The summed E-state index contributed by atoms with van der Waals surface area (Å²) < 4.78 is 7.83. The molecule has 1 aliphatic rings. The topological polar surface area (TPSA) is 46.8 Å². The van der Waals surface area contributed by atoms with Crippen molar-refractivity contribution in [2.75, 3.05) is 6.54 Å². The first-order valence-electron chi connectivity index (χ1n) is 10.4. The van der Waals surface area contributed by atoms with E-state index in [4.69, 9.17) is 4.74 Å². The maximum atomic E-state index is 12.6. The van der Waals surface area contributed by atoms with Crippen LogP contribution in [0.5, 0.6) is 5.75 Å². The maximum absolute atomic E-state index is 12.6. The molecule has 0 bridgehead atoms. The monoisotopic (exact) mass is 409 g/mol. The van der Waals surface area contributed by atoms with E-state index >= 15 is 0 Å². The largest absolute Gasteiger partial charge is 0.487 e. The summed E-state index contributed by atoms with van der Waals surface area (Å²) in [4.78, 5) is 19.0. The molecule has 4 aromatic rings. The van der Waals surface area contributed by atoms with Gasteiger partial charge in [-0.3, -0.25) is 4.79 Å². The second-order valence-electron chi connectivity index (χ2n) is 7.67. The van der Waals surface area contributed by atoms with E-state index in [0.29, 0.717) is 13.2 Å². The Bertz CT molecular complexity index is 1210. The minimum Gasteiger partial charge on any atom is -0.487 e. The number of carbonyl (C=O) groups is 1. The second-order valence-corrected chi connectivity index (χ2v) is 7.67. The Morgan fingerprint density at radius 2 is 1.81 bits per heavy atom. The molecule has 5 nitrogen and oxygen atoms in total. The van der Waals surface area contributed by atoms with E-state index in [9.17, 15) is 4.79 Å². The first-order valence-corrected chi connectivity index (χ1v) is 10.4. The highest BCUT2D eigenvalue weighted by Crippen LogP contribution is 2.19. The lowest BCUT2D eigenvalue weighted by atomic mass is 10.00. The van der Waals surface area contributed by atoms with E-state index in [1.54, 1.807) is 6.08 Å². The Balaban J connectivity index is 1.17. The van der Waals surface area contributed by atoms with Gasteiger partial charge < -0.3 is 14.0 Å². The first-order chi connectivity index (χ1) is 15.2. The summed E-state index contributed by atoms with van der Waals surface area (Å²) >= 11 is 0. The number of hydrogen-bond acceptors (Lipinski definition) is 3. The van der Waals surface area contributed by atoms with Gasteiger partial charge in [-0.25, -0.2) is 4.98 Å². The molecule has 2 aromatic heterocycles. The van der Waals surface area contributed by atoms with Gasteiger partial charge in [-0.2, -0.15) is 0 Å². The molecule has 5 rings (SSSR count). The van der Waals surface area contributed by atoms with Crippen LogP contribution in [0.15, 0.2) is 85.2 Å². The molecule has 0 atom stereocenters. The maximum Gasteiger partial charge on any atom is 0.246 e. The van der Waals surface area contributed by atoms with Crippen LogP contribution in [-0.2, 0) is 24.4 Å². The predicted octanol–water partition coefficient (Wildman–Crippen LogP) is 4.51. The quantitative estimate of drug-likeness (QED) is 0.456. The third-order valence-electron chi connectivity index (χ3n) is 5.54. The minimum atomic E-state index is 0.0432. The average Bonchev–Trinajstić information content (AvgIpc) is 3.24. The van der Waals surface area contributed by atoms with Gasteiger partial charge in [-0.05, 0) is 53.5 Å². The number of amides is 1. The molecule has 0 aliphatic carbocycles. The zero-order chi connectivity index (χ0) is 21.0. The molecule has 1 amide bonds. The summed E-state index contributed by atoms with van der Waals surface area (Å²) in [5.41, 5.74) is 5.33. The summed E-state index contributed by atoms with van der Waals surface area (Å²) in [5.74, 6) is 0.815. The van der Waals surface area contributed by atoms with Crippen molar-refractivity contribution in [2.45, 2.75) is 19.6 Å². The first kappa shape index (κ1) is 19.1. The van der Waals surface area contributed by atoms with Crippen molar-refractivity contribution in [3.05, 3.63) is 108 Å². The van der Waals surface area contributed by atoms with Crippen LogP contribution >= 0.6 is 0 Å². The number of hydrogen-bond donors (Lipinski definition) is 0. The van der Waals surface area contributed by atoms with Gasteiger partial charge in [-0.1, -0.05) is 42.5 Å². The standard InChI is InChI=1S/C26H23N3O2/c30-26(29-16-14-21-5-1-2-6-22(21)17-29)13-10-20-8-11-24(12-9-20)31-19-23-18-28-15-4-3-7-25(28)27-23/h1-13,15,18H,14,16-17,19H2. The van der Waals surface area contributed by atoms with E-state index < -0.39 is 0 Å². The van der Waals surface area contributed by atoms with Crippen molar-refractivity contribution in [1.82, 2.24) is 14.3 Å². The second kappa shape index (κ2) is 8.48. The Labute approximate surface area is 181 Å². The highest BCUT2D eigenvalue weighted by molar-refractivity contribution is 5.92. The Kier molecular flexibility index (Phi) is 5.23. The summed E-state index contributed by atoms with van der Waals surface area (Å²) in [5, 5.41) is 0. The highest BCUT2D eigenvalue weighted by Gasteiger charge is 2.18.